The molecular weight excluding hydrogens is 338 g/mol. The summed E-state index contributed by atoms with van der Waals surface area (Å²) < 4.78 is 0. The van der Waals surface area contributed by atoms with Gasteiger partial charge in [0, 0.05) is 17.1 Å². The molecule has 27 heavy (non-hydrogen) atoms. The molecule has 0 radical (unpaired) electrons. The topological polar surface area (TPSA) is 79.8 Å². The van der Waals surface area contributed by atoms with E-state index in [2.05, 4.69) is 25.8 Å². The second kappa shape index (κ2) is 7.21. The highest BCUT2D eigenvalue weighted by Gasteiger charge is 2.08. The smallest absolute Gasteiger partial charge is 0.256 e. The second-order valence-corrected chi connectivity index (χ2v) is 6.13. The van der Waals surface area contributed by atoms with E-state index in [9.17, 15) is 4.79 Å². The van der Waals surface area contributed by atoms with E-state index in [1.807, 2.05) is 55.5 Å². The fraction of sp³-hybridized carbons (Fsp3) is 0.0476. The quantitative estimate of drug-likeness (QED) is 0.569. The van der Waals surface area contributed by atoms with Gasteiger partial charge in [-0.15, -0.1) is 10.2 Å². The van der Waals surface area contributed by atoms with Crippen molar-refractivity contribution in [1.82, 2.24) is 15.2 Å². The number of rotatable bonds is 4. The number of carbonyl (C=O) groups is 1. The van der Waals surface area contributed by atoms with Crippen LogP contribution in [0.1, 0.15) is 15.9 Å². The lowest BCUT2D eigenvalue weighted by Gasteiger charge is -2.09. The van der Waals surface area contributed by atoms with Crippen molar-refractivity contribution in [3.63, 3.8) is 0 Å². The number of nitrogens with one attached hydrogen (secondary N) is 2. The van der Waals surface area contributed by atoms with E-state index in [1.54, 1.807) is 24.4 Å². The van der Waals surface area contributed by atoms with Crippen LogP contribution >= 0.6 is 0 Å². The Labute approximate surface area is 156 Å². The van der Waals surface area contributed by atoms with Crippen LogP contribution in [0.15, 0.2) is 72.9 Å². The number of anilines is 3. The average molecular weight is 355 g/mol. The van der Waals surface area contributed by atoms with E-state index in [0.29, 0.717) is 17.2 Å². The highest BCUT2D eigenvalue weighted by atomic mass is 16.1. The first-order valence-electron chi connectivity index (χ1n) is 8.51. The summed E-state index contributed by atoms with van der Waals surface area (Å²) in [7, 11) is 0. The van der Waals surface area contributed by atoms with Crippen molar-refractivity contribution in [1.29, 1.82) is 0 Å². The number of amides is 1. The van der Waals surface area contributed by atoms with Crippen LogP contribution in [0.2, 0.25) is 0 Å². The van der Waals surface area contributed by atoms with Gasteiger partial charge in [0.25, 0.3) is 5.91 Å². The van der Waals surface area contributed by atoms with Crippen LogP contribution in [0, 0.1) is 6.92 Å². The molecule has 2 aromatic heterocycles. The normalized spacial score (nSPS) is 10.6. The summed E-state index contributed by atoms with van der Waals surface area (Å²) in [5, 5.41) is 15.2. The molecule has 6 nitrogen and oxygen atoms in total. The number of para-hydroxylation sites is 1. The Morgan fingerprint density at radius 1 is 0.889 bits per heavy atom. The number of aryl methyl sites for hydroxylation is 1. The SMILES string of the molecule is Cc1cccc(C(=O)Nc2ccc(Nc3cccc4cccnc34)nn2)c1. The molecule has 2 heterocycles. The molecule has 0 unspecified atom stereocenters. The molecule has 0 fully saturated rings. The van der Waals surface area contributed by atoms with Crippen LogP contribution < -0.4 is 10.6 Å². The summed E-state index contributed by atoms with van der Waals surface area (Å²) >= 11 is 0. The molecule has 0 saturated carbocycles. The van der Waals surface area contributed by atoms with Crippen molar-refractivity contribution in [2.75, 3.05) is 10.6 Å². The molecule has 1 amide bonds. The molecule has 0 aliphatic rings. The first-order chi connectivity index (χ1) is 13.2. The van der Waals surface area contributed by atoms with Gasteiger partial charge in [-0.2, -0.15) is 0 Å². The van der Waals surface area contributed by atoms with Crippen LogP contribution in [-0.2, 0) is 0 Å². The third kappa shape index (κ3) is 3.74. The lowest BCUT2D eigenvalue weighted by atomic mass is 10.1. The van der Waals surface area contributed by atoms with Crippen LogP contribution in [0.25, 0.3) is 10.9 Å². The number of fused-ring (bicyclic) bond motifs is 1. The molecule has 0 aliphatic heterocycles. The van der Waals surface area contributed by atoms with Crippen molar-refractivity contribution >= 4 is 34.1 Å². The van der Waals surface area contributed by atoms with Gasteiger partial charge in [0.2, 0.25) is 0 Å². The summed E-state index contributed by atoms with van der Waals surface area (Å²) in [6.45, 7) is 1.94. The highest BCUT2D eigenvalue weighted by Crippen LogP contribution is 2.23. The number of hydrogen-bond donors (Lipinski definition) is 2. The number of carbonyl (C=O) groups excluding carboxylic acids is 1. The fourth-order valence-corrected chi connectivity index (χ4v) is 2.78. The average Bonchev–Trinajstić information content (AvgIpc) is 2.70. The Hall–Kier alpha value is -3.80. The maximum atomic E-state index is 12.3. The van der Waals surface area contributed by atoms with E-state index in [0.717, 1.165) is 22.2 Å². The van der Waals surface area contributed by atoms with Crippen molar-refractivity contribution in [3.8, 4) is 0 Å². The van der Waals surface area contributed by atoms with Gasteiger partial charge in [-0.25, -0.2) is 0 Å². The second-order valence-electron chi connectivity index (χ2n) is 6.13. The third-order valence-corrected chi connectivity index (χ3v) is 4.08. The third-order valence-electron chi connectivity index (χ3n) is 4.08. The molecule has 132 valence electrons. The molecule has 0 bridgehead atoms. The van der Waals surface area contributed by atoms with Gasteiger partial charge in [-0.05, 0) is 43.3 Å². The Balaban J connectivity index is 1.50. The monoisotopic (exact) mass is 355 g/mol. The summed E-state index contributed by atoms with van der Waals surface area (Å²) in [6.07, 6.45) is 1.75. The predicted molar refractivity (Wildman–Crippen MR) is 106 cm³/mol. The molecular formula is C21H17N5O. The van der Waals surface area contributed by atoms with Crippen molar-refractivity contribution in [2.45, 2.75) is 6.92 Å². The first kappa shape index (κ1) is 16.7. The van der Waals surface area contributed by atoms with E-state index in [-0.39, 0.29) is 5.91 Å². The maximum Gasteiger partial charge on any atom is 0.256 e. The van der Waals surface area contributed by atoms with Gasteiger partial charge in [0.1, 0.15) is 0 Å². The molecule has 2 aromatic carbocycles. The summed E-state index contributed by atoms with van der Waals surface area (Å²) in [4.78, 5) is 16.7. The Morgan fingerprint density at radius 2 is 1.67 bits per heavy atom. The molecule has 6 heteroatoms. The van der Waals surface area contributed by atoms with Crippen molar-refractivity contribution in [3.05, 3.63) is 84.1 Å². The molecule has 0 saturated heterocycles. The lowest BCUT2D eigenvalue weighted by molar-refractivity contribution is 0.102. The van der Waals surface area contributed by atoms with E-state index in [4.69, 9.17) is 0 Å². The van der Waals surface area contributed by atoms with E-state index >= 15 is 0 Å². The Kier molecular flexibility index (Phi) is 4.45. The molecule has 0 spiro atoms. The standard InChI is InChI=1S/C21H17N5O/c1-14-5-2-7-16(13-14)21(27)24-19-11-10-18(25-26-19)23-17-9-3-6-15-8-4-12-22-20(15)17/h2-13H,1H3,(H,23,25)(H,24,26,27). The lowest BCUT2D eigenvalue weighted by Crippen LogP contribution is -2.13. The van der Waals surface area contributed by atoms with Gasteiger partial charge in [-0.1, -0.05) is 35.9 Å². The fourth-order valence-electron chi connectivity index (χ4n) is 2.78. The largest absolute Gasteiger partial charge is 0.337 e. The van der Waals surface area contributed by atoms with E-state index in [1.165, 1.54) is 0 Å². The zero-order chi connectivity index (χ0) is 18.6. The molecule has 0 atom stereocenters. The minimum Gasteiger partial charge on any atom is -0.337 e. The minimum atomic E-state index is -0.216. The number of pyridine rings is 1. The predicted octanol–water partition coefficient (Wildman–Crippen LogP) is 4.33. The van der Waals surface area contributed by atoms with Crippen LogP contribution in [0.3, 0.4) is 0 Å². The van der Waals surface area contributed by atoms with Gasteiger partial charge in [0.15, 0.2) is 11.6 Å². The molecule has 0 aliphatic carbocycles. The summed E-state index contributed by atoms with van der Waals surface area (Å²) in [5.74, 6) is 0.747. The van der Waals surface area contributed by atoms with Crippen LogP contribution in [-0.4, -0.2) is 21.1 Å². The van der Waals surface area contributed by atoms with Crippen molar-refractivity contribution in [2.24, 2.45) is 0 Å². The zero-order valence-electron chi connectivity index (χ0n) is 14.7. The Bertz CT molecular complexity index is 1100. The number of nitrogens with zero attached hydrogens (tertiary/aromatic N) is 3. The Morgan fingerprint density at radius 3 is 2.48 bits per heavy atom. The van der Waals surface area contributed by atoms with Gasteiger partial charge < -0.3 is 10.6 Å². The van der Waals surface area contributed by atoms with Crippen molar-refractivity contribution < 1.29 is 4.79 Å². The first-order valence-corrected chi connectivity index (χ1v) is 8.51. The minimum absolute atomic E-state index is 0.216. The molecule has 4 aromatic rings. The highest BCUT2D eigenvalue weighted by molar-refractivity contribution is 6.03. The van der Waals surface area contributed by atoms with Crippen LogP contribution in [0.5, 0.6) is 0 Å². The van der Waals surface area contributed by atoms with Gasteiger partial charge >= 0.3 is 0 Å². The zero-order valence-corrected chi connectivity index (χ0v) is 14.7. The van der Waals surface area contributed by atoms with Gasteiger partial charge in [-0.3, -0.25) is 9.78 Å². The summed E-state index contributed by atoms with van der Waals surface area (Å²) in [6, 6.07) is 20.7. The maximum absolute atomic E-state index is 12.3. The number of hydrogen-bond acceptors (Lipinski definition) is 5. The summed E-state index contributed by atoms with van der Waals surface area (Å²) in [5.41, 5.74) is 3.32. The van der Waals surface area contributed by atoms with Crippen LogP contribution in [0.4, 0.5) is 17.3 Å². The number of benzene rings is 2. The number of aromatic nitrogens is 3. The molecule has 4 rings (SSSR count). The molecule has 2 N–H and O–H groups in total. The van der Waals surface area contributed by atoms with E-state index < -0.39 is 0 Å². The van der Waals surface area contributed by atoms with Gasteiger partial charge in [0.05, 0.1) is 11.2 Å².